The first-order chi connectivity index (χ1) is 7.97. The molecule has 0 spiro atoms. The average molecular weight is 254 g/mol. The Morgan fingerprint density at radius 3 is 2.35 bits per heavy atom. The molecule has 3 nitrogen and oxygen atoms in total. The Hall–Kier alpha value is -0.610. The fourth-order valence-electron chi connectivity index (χ4n) is 2.02. The van der Waals surface area contributed by atoms with E-state index in [2.05, 4.69) is 18.7 Å². The van der Waals surface area contributed by atoms with Crippen molar-refractivity contribution >= 4 is 16.5 Å². The highest BCUT2D eigenvalue weighted by molar-refractivity contribution is 7.15. The van der Waals surface area contributed by atoms with Crippen LogP contribution in [0.3, 0.4) is 0 Å². The highest BCUT2D eigenvalue weighted by Gasteiger charge is 2.35. The van der Waals surface area contributed by atoms with Crippen molar-refractivity contribution in [2.45, 2.75) is 52.1 Å². The Morgan fingerprint density at radius 1 is 1.35 bits per heavy atom. The molecule has 4 heteroatoms. The lowest BCUT2D eigenvalue weighted by atomic mass is 10.0. The van der Waals surface area contributed by atoms with Crippen LogP contribution in [0.5, 0.6) is 0 Å². The van der Waals surface area contributed by atoms with E-state index in [9.17, 15) is 5.11 Å². The maximum absolute atomic E-state index is 10.2. The molecule has 0 saturated heterocycles. The first kappa shape index (κ1) is 12.8. The van der Waals surface area contributed by atoms with E-state index in [0.717, 1.165) is 28.8 Å². The summed E-state index contributed by atoms with van der Waals surface area (Å²) in [5.41, 5.74) is 0.380. The van der Waals surface area contributed by atoms with E-state index in [0.29, 0.717) is 5.92 Å². The van der Waals surface area contributed by atoms with Gasteiger partial charge in [-0.15, -0.1) is 0 Å². The van der Waals surface area contributed by atoms with E-state index in [1.165, 1.54) is 12.8 Å². The van der Waals surface area contributed by atoms with Gasteiger partial charge in [-0.1, -0.05) is 11.3 Å². The van der Waals surface area contributed by atoms with E-state index >= 15 is 0 Å². The van der Waals surface area contributed by atoms with Gasteiger partial charge in [0.2, 0.25) is 0 Å². The molecule has 1 aromatic heterocycles. The van der Waals surface area contributed by atoms with Gasteiger partial charge in [0.25, 0.3) is 0 Å². The Bertz CT molecular complexity index is 387. The van der Waals surface area contributed by atoms with Gasteiger partial charge in [0, 0.05) is 19.0 Å². The lowest BCUT2D eigenvalue weighted by Crippen LogP contribution is -2.21. The second-order valence-corrected chi connectivity index (χ2v) is 6.19. The molecule has 0 aromatic carbocycles. The van der Waals surface area contributed by atoms with Gasteiger partial charge in [0.15, 0.2) is 5.13 Å². The predicted molar refractivity (Wildman–Crippen MR) is 72.9 cm³/mol. The number of aliphatic hydroxyl groups is 1. The third-order valence-corrected chi connectivity index (χ3v) is 4.64. The molecular formula is C13H22N2OS. The lowest BCUT2D eigenvalue weighted by Gasteiger charge is -2.17. The minimum atomic E-state index is -0.763. The van der Waals surface area contributed by atoms with Gasteiger partial charge in [-0.05, 0) is 40.5 Å². The molecule has 0 atom stereocenters. The summed E-state index contributed by atoms with van der Waals surface area (Å²) in [6.45, 7) is 9.95. The van der Waals surface area contributed by atoms with Crippen LogP contribution in [-0.4, -0.2) is 23.2 Å². The first-order valence-electron chi connectivity index (χ1n) is 6.45. The molecule has 0 radical (unpaired) electrons. The zero-order valence-electron chi connectivity index (χ0n) is 11.2. The predicted octanol–water partition coefficient (Wildman–Crippen LogP) is 3.09. The molecule has 1 aliphatic carbocycles. The van der Waals surface area contributed by atoms with Gasteiger partial charge in [-0.3, -0.25) is 0 Å². The van der Waals surface area contributed by atoms with E-state index in [1.807, 2.05) is 13.8 Å². The maximum atomic E-state index is 10.2. The second-order valence-electron chi connectivity index (χ2n) is 5.22. The fourth-order valence-corrected chi connectivity index (χ4v) is 3.30. The van der Waals surface area contributed by atoms with Gasteiger partial charge >= 0.3 is 0 Å². The largest absolute Gasteiger partial charge is 0.385 e. The molecule has 1 heterocycles. The molecular weight excluding hydrogens is 232 g/mol. The zero-order valence-corrected chi connectivity index (χ0v) is 12.0. The summed E-state index contributed by atoms with van der Waals surface area (Å²) in [6.07, 6.45) is 2.45. The summed E-state index contributed by atoms with van der Waals surface area (Å²) in [5.74, 6) is 0.594. The molecule has 1 N–H and O–H groups in total. The van der Waals surface area contributed by atoms with Crippen molar-refractivity contribution in [2.24, 2.45) is 0 Å². The van der Waals surface area contributed by atoms with Crippen LogP contribution in [0.2, 0.25) is 0 Å². The lowest BCUT2D eigenvalue weighted by molar-refractivity contribution is 0.0813. The average Bonchev–Trinajstić information content (AvgIpc) is 2.99. The van der Waals surface area contributed by atoms with Gasteiger partial charge in [0.1, 0.15) is 0 Å². The first-order valence-corrected chi connectivity index (χ1v) is 7.27. The zero-order chi connectivity index (χ0) is 12.6. The van der Waals surface area contributed by atoms with Crippen LogP contribution in [-0.2, 0) is 5.60 Å². The Labute approximate surface area is 107 Å². The molecule has 1 aliphatic rings. The van der Waals surface area contributed by atoms with Gasteiger partial charge in [0.05, 0.1) is 16.2 Å². The van der Waals surface area contributed by atoms with Gasteiger partial charge in [-0.2, -0.15) is 0 Å². The van der Waals surface area contributed by atoms with E-state index in [4.69, 9.17) is 4.98 Å². The highest BCUT2D eigenvalue weighted by atomic mass is 32.1. The Morgan fingerprint density at radius 2 is 1.94 bits per heavy atom. The molecule has 17 heavy (non-hydrogen) atoms. The van der Waals surface area contributed by atoms with Crippen molar-refractivity contribution in [1.29, 1.82) is 0 Å². The molecule has 1 saturated carbocycles. The number of aromatic nitrogens is 1. The monoisotopic (exact) mass is 254 g/mol. The second kappa shape index (κ2) is 4.58. The minimum absolute atomic E-state index is 0.594. The molecule has 0 aliphatic heterocycles. The number of nitrogens with zero attached hydrogens (tertiary/aromatic N) is 2. The van der Waals surface area contributed by atoms with E-state index in [1.54, 1.807) is 11.3 Å². The quantitative estimate of drug-likeness (QED) is 0.877. The van der Waals surface area contributed by atoms with Crippen molar-refractivity contribution in [3.63, 3.8) is 0 Å². The summed E-state index contributed by atoms with van der Waals surface area (Å²) < 4.78 is 0. The maximum Gasteiger partial charge on any atom is 0.185 e. The number of rotatable bonds is 5. The standard InChI is InChI=1S/C13H22N2OS/c1-5-15(6-2)12-14-10(9-7-8-9)11(17-12)13(3,4)16/h9,16H,5-8H2,1-4H3. The third kappa shape index (κ3) is 2.63. The molecule has 1 fully saturated rings. The third-order valence-electron chi connectivity index (χ3n) is 3.20. The van der Waals surface area contributed by atoms with Crippen molar-refractivity contribution in [1.82, 2.24) is 4.98 Å². The minimum Gasteiger partial charge on any atom is -0.385 e. The Balaban J connectivity index is 2.37. The van der Waals surface area contributed by atoms with Crippen molar-refractivity contribution < 1.29 is 5.11 Å². The molecule has 2 rings (SSSR count). The SMILES string of the molecule is CCN(CC)c1nc(C2CC2)c(C(C)(C)O)s1. The van der Waals surface area contributed by atoms with Crippen LogP contribution in [0.4, 0.5) is 5.13 Å². The number of thiazole rings is 1. The normalized spacial score (nSPS) is 16.3. The molecule has 96 valence electrons. The van der Waals surface area contributed by atoms with Crippen LogP contribution < -0.4 is 4.90 Å². The fraction of sp³-hybridized carbons (Fsp3) is 0.769. The molecule has 1 aromatic rings. The highest BCUT2D eigenvalue weighted by Crippen LogP contribution is 2.47. The Kier molecular flexibility index (Phi) is 3.46. The molecule has 0 bridgehead atoms. The molecule has 0 unspecified atom stereocenters. The summed E-state index contributed by atoms with van der Waals surface area (Å²) >= 11 is 1.66. The number of hydrogen-bond donors (Lipinski definition) is 1. The van der Waals surface area contributed by atoms with Crippen LogP contribution in [0.25, 0.3) is 0 Å². The van der Waals surface area contributed by atoms with Crippen molar-refractivity contribution in [2.75, 3.05) is 18.0 Å². The van der Waals surface area contributed by atoms with Crippen molar-refractivity contribution in [3.8, 4) is 0 Å². The summed E-state index contributed by atoms with van der Waals surface area (Å²) in [7, 11) is 0. The smallest absolute Gasteiger partial charge is 0.185 e. The van der Waals surface area contributed by atoms with Gasteiger partial charge in [-0.25, -0.2) is 4.98 Å². The summed E-state index contributed by atoms with van der Waals surface area (Å²) in [4.78, 5) is 8.08. The van der Waals surface area contributed by atoms with Crippen LogP contribution in [0.1, 0.15) is 57.0 Å². The van der Waals surface area contributed by atoms with Crippen LogP contribution >= 0.6 is 11.3 Å². The van der Waals surface area contributed by atoms with E-state index < -0.39 is 5.60 Å². The van der Waals surface area contributed by atoms with Gasteiger partial charge < -0.3 is 10.0 Å². The number of anilines is 1. The van der Waals surface area contributed by atoms with Crippen LogP contribution in [0, 0.1) is 0 Å². The topological polar surface area (TPSA) is 36.4 Å². The number of hydrogen-bond acceptors (Lipinski definition) is 4. The van der Waals surface area contributed by atoms with E-state index in [-0.39, 0.29) is 0 Å². The molecule has 0 amide bonds. The summed E-state index contributed by atoms with van der Waals surface area (Å²) in [5, 5.41) is 11.3. The summed E-state index contributed by atoms with van der Waals surface area (Å²) in [6, 6.07) is 0. The van der Waals surface area contributed by atoms with Crippen LogP contribution in [0.15, 0.2) is 0 Å². The van der Waals surface area contributed by atoms with Crippen molar-refractivity contribution in [3.05, 3.63) is 10.6 Å².